The Morgan fingerprint density at radius 3 is 1.46 bits per heavy atom. The van der Waals surface area contributed by atoms with Crippen molar-refractivity contribution in [2.24, 2.45) is 0 Å². The predicted octanol–water partition coefficient (Wildman–Crippen LogP) is 12.5. The van der Waals surface area contributed by atoms with Gasteiger partial charge in [-0.05, 0) is 96.3 Å². The normalized spacial score (nSPS) is 14.4. The van der Waals surface area contributed by atoms with Crippen molar-refractivity contribution in [3.63, 3.8) is 0 Å². The Bertz CT molecular complexity index is 1370. The minimum atomic E-state index is -4.45. The number of amides is 1. The van der Waals surface area contributed by atoms with Crippen molar-refractivity contribution >= 4 is 19.7 Å². The van der Waals surface area contributed by atoms with E-state index >= 15 is 0 Å². The molecule has 2 unspecified atom stereocenters. The Labute approximate surface area is 358 Å². The van der Waals surface area contributed by atoms with Crippen LogP contribution < -0.4 is 5.32 Å². The highest BCUT2D eigenvalue weighted by molar-refractivity contribution is 7.47. The minimum absolute atomic E-state index is 0.0475. The maximum absolute atomic E-state index is 12.1. The number of esters is 1. The highest BCUT2D eigenvalue weighted by Crippen LogP contribution is 2.42. The van der Waals surface area contributed by atoms with Crippen LogP contribution in [0.15, 0.2) is 122 Å². The molecule has 0 spiro atoms. The number of hydrogen-bond donors (Lipinski definition) is 3. The molecule has 0 aliphatic rings. The van der Waals surface area contributed by atoms with Crippen LogP contribution in [-0.4, -0.2) is 54.3 Å². The lowest BCUT2D eigenvalue weighted by Crippen LogP contribution is -2.27. The van der Waals surface area contributed by atoms with E-state index in [1.165, 1.54) is 25.7 Å². The second-order valence-corrected chi connectivity index (χ2v) is 15.4. The van der Waals surface area contributed by atoms with E-state index in [0.29, 0.717) is 12.8 Å². The van der Waals surface area contributed by atoms with Gasteiger partial charge in [-0.3, -0.25) is 18.6 Å². The zero-order valence-electron chi connectivity index (χ0n) is 36.4. The average Bonchev–Trinajstić information content (AvgIpc) is 3.22. The monoisotopic (exact) mass is 840 g/mol. The van der Waals surface area contributed by atoms with Gasteiger partial charge in [-0.2, -0.15) is 0 Å². The van der Waals surface area contributed by atoms with Crippen LogP contribution in [0, 0.1) is 0 Å². The van der Waals surface area contributed by atoms with Crippen molar-refractivity contribution in [2.75, 3.05) is 26.4 Å². The summed E-state index contributed by atoms with van der Waals surface area (Å²) in [6.07, 6.45) is 60.0. The number of aliphatic hydroxyl groups excluding tert-OH is 1. The van der Waals surface area contributed by atoms with Crippen LogP contribution in [0.1, 0.15) is 142 Å². The van der Waals surface area contributed by atoms with Gasteiger partial charge in [-0.15, -0.1) is 0 Å². The molecule has 332 valence electrons. The number of allylic oxidation sites excluding steroid dienone is 20. The number of phosphoric ester groups is 1. The third kappa shape index (κ3) is 45.3. The number of nitrogens with one attached hydrogen (secondary N) is 1. The fourth-order valence-corrected chi connectivity index (χ4v) is 5.85. The first kappa shape index (κ1) is 55.4. The van der Waals surface area contributed by atoms with Gasteiger partial charge >= 0.3 is 13.8 Å². The van der Waals surface area contributed by atoms with Gasteiger partial charge in [0.15, 0.2) is 0 Å². The molecule has 59 heavy (non-hydrogen) atoms. The third-order valence-corrected chi connectivity index (χ3v) is 9.37. The lowest BCUT2D eigenvalue weighted by atomic mass is 10.1. The fraction of sp³-hybridized carbons (Fsp3) is 0.551. The van der Waals surface area contributed by atoms with Gasteiger partial charge in [0, 0.05) is 19.4 Å². The number of carbonyl (C=O) groups is 2. The van der Waals surface area contributed by atoms with Gasteiger partial charge in [-0.25, -0.2) is 4.57 Å². The Kier molecular flexibility index (Phi) is 41.3. The Balaban J connectivity index is 3.79. The van der Waals surface area contributed by atoms with Crippen LogP contribution in [0.25, 0.3) is 0 Å². The molecular formula is C49H78NO8P. The SMILES string of the molecule is CC/C=C\C/C=C\C/C=C\C/C=C\C/C=C\C/C=C\CCC(=O)OCC(O)COP(=O)(O)OCCNC(=O)CCCCC/C=C\C/C=C\C/C=C\C/C=C\CCCCC. The summed E-state index contributed by atoms with van der Waals surface area (Å²) in [5.74, 6) is -0.646. The van der Waals surface area contributed by atoms with Crippen LogP contribution in [0.5, 0.6) is 0 Å². The first-order chi connectivity index (χ1) is 28.8. The van der Waals surface area contributed by atoms with E-state index in [9.17, 15) is 24.2 Å². The Morgan fingerprint density at radius 1 is 0.542 bits per heavy atom. The van der Waals surface area contributed by atoms with Crippen molar-refractivity contribution in [2.45, 2.75) is 148 Å². The molecule has 0 saturated heterocycles. The summed E-state index contributed by atoms with van der Waals surface area (Å²) in [6, 6.07) is 0. The molecule has 2 atom stereocenters. The summed E-state index contributed by atoms with van der Waals surface area (Å²) in [4.78, 5) is 33.9. The van der Waals surface area contributed by atoms with Crippen LogP contribution in [0.4, 0.5) is 0 Å². The maximum Gasteiger partial charge on any atom is 0.472 e. The molecule has 0 fully saturated rings. The van der Waals surface area contributed by atoms with Crippen molar-refractivity contribution in [1.82, 2.24) is 5.32 Å². The molecule has 0 saturated carbocycles. The van der Waals surface area contributed by atoms with E-state index in [1.807, 2.05) is 12.2 Å². The zero-order valence-corrected chi connectivity index (χ0v) is 37.3. The van der Waals surface area contributed by atoms with Gasteiger partial charge in [-0.1, -0.05) is 155 Å². The Hall–Kier alpha value is -3.59. The number of carbonyl (C=O) groups excluding carboxylic acids is 2. The molecule has 10 heteroatoms. The molecule has 3 N–H and O–H groups in total. The standard InChI is InChI=1S/C49H78NO8P/c1-3-5-7-9-11-13-15-17-19-21-23-25-27-29-31-33-35-37-39-41-48(52)50-43-44-57-59(54,55)58-46-47(51)45-56-49(53)42-40-38-36-34-32-30-28-26-24-22-20-18-16-14-12-10-8-6-4-2/h6,8,11-14,17-20,23-26,29-32,36,38,47,51H,3-5,7,9-10,15-16,21-22,27-28,33-35,37,39-46H2,1-2H3,(H,50,52)(H,54,55)/b8-6-,13-11-,14-12-,19-17-,20-18-,25-23-,26-24-,31-29-,32-30-,38-36-. The molecule has 0 aliphatic heterocycles. The van der Waals surface area contributed by atoms with Crippen LogP contribution in [0.3, 0.4) is 0 Å². The summed E-state index contributed by atoms with van der Waals surface area (Å²) in [6.45, 7) is 3.25. The lowest BCUT2D eigenvalue weighted by molar-refractivity contribution is -0.147. The van der Waals surface area contributed by atoms with Gasteiger partial charge in [0.05, 0.1) is 13.2 Å². The summed E-state index contributed by atoms with van der Waals surface area (Å²) < 4.78 is 26.8. The van der Waals surface area contributed by atoms with Crippen molar-refractivity contribution < 1.29 is 37.9 Å². The van der Waals surface area contributed by atoms with Gasteiger partial charge in [0.25, 0.3) is 0 Å². The van der Waals surface area contributed by atoms with Crippen LogP contribution >= 0.6 is 7.82 Å². The number of hydrogen-bond acceptors (Lipinski definition) is 7. The molecule has 0 heterocycles. The fourth-order valence-electron chi connectivity index (χ4n) is 5.09. The van der Waals surface area contributed by atoms with E-state index in [-0.39, 0.29) is 32.1 Å². The summed E-state index contributed by atoms with van der Waals surface area (Å²) in [7, 11) is -4.45. The number of ether oxygens (including phenoxy) is 1. The van der Waals surface area contributed by atoms with E-state index < -0.39 is 26.5 Å². The zero-order chi connectivity index (χ0) is 43.2. The summed E-state index contributed by atoms with van der Waals surface area (Å²) in [5, 5.41) is 12.7. The second kappa shape index (κ2) is 44.0. The lowest BCUT2D eigenvalue weighted by Gasteiger charge is -2.15. The molecule has 0 aromatic carbocycles. The maximum atomic E-state index is 12.1. The second-order valence-electron chi connectivity index (χ2n) is 13.9. The number of phosphoric acid groups is 1. The van der Waals surface area contributed by atoms with E-state index in [1.54, 1.807) is 0 Å². The van der Waals surface area contributed by atoms with Gasteiger partial charge in [0.1, 0.15) is 12.7 Å². The van der Waals surface area contributed by atoms with E-state index in [4.69, 9.17) is 13.8 Å². The van der Waals surface area contributed by atoms with E-state index in [2.05, 4.69) is 129 Å². The topological polar surface area (TPSA) is 131 Å². The molecule has 0 aromatic rings. The van der Waals surface area contributed by atoms with Gasteiger partial charge < -0.3 is 20.1 Å². The molecule has 0 aliphatic carbocycles. The highest BCUT2D eigenvalue weighted by Gasteiger charge is 2.23. The molecule has 0 aromatic heterocycles. The first-order valence-electron chi connectivity index (χ1n) is 22.0. The largest absolute Gasteiger partial charge is 0.472 e. The highest BCUT2D eigenvalue weighted by atomic mass is 31.2. The predicted molar refractivity (Wildman–Crippen MR) is 247 cm³/mol. The summed E-state index contributed by atoms with van der Waals surface area (Å²) >= 11 is 0. The minimum Gasteiger partial charge on any atom is -0.463 e. The smallest absolute Gasteiger partial charge is 0.463 e. The van der Waals surface area contributed by atoms with Crippen LogP contribution in [0.2, 0.25) is 0 Å². The molecule has 0 rings (SSSR count). The molecule has 0 bridgehead atoms. The van der Waals surface area contributed by atoms with Crippen molar-refractivity contribution in [3.8, 4) is 0 Å². The summed E-state index contributed by atoms with van der Waals surface area (Å²) in [5.41, 5.74) is 0. The third-order valence-electron chi connectivity index (χ3n) is 8.39. The van der Waals surface area contributed by atoms with Gasteiger partial charge in [0.2, 0.25) is 5.91 Å². The number of aliphatic hydroxyl groups is 1. The molecule has 1 amide bonds. The first-order valence-corrected chi connectivity index (χ1v) is 23.5. The van der Waals surface area contributed by atoms with Crippen LogP contribution in [-0.2, 0) is 27.9 Å². The molecule has 0 radical (unpaired) electrons. The number of rotatable bonds is 39. The van der Waals surface area contributed by atoms with Crippen molar-refractivity contribution in [3.05, 3.63) is 122 Å². The number of unbranched alkanes of at least 4 members (excludes halogenated alkanes) is 6. The molecular weight excluding hydrogens is 762 g/mol. The quantitative estimate of drug-likeness (QED) is 0.0241. The van der Waals surface area contributed by atoms with E-state index in [0.717, 1.165) is 83.5 Å². The average molecular weight is 840 g/mol. The Morgan fingerprint density at radius 2 is 0.983 bits per heavy atom. The molecule has 9 nitrogen and oxygen atoms in total. The van der Waals surface area contributed by atoms with Crippen molar-refractivity contribution in [1.29, 1.82) is 0 Å².